The van der Waals surface area contributed by atoms with E-state index in [1.165, 1.54) is 6.92 Å². The molecule has 0 unspecified atom stereocenters. The first kappa shape index (κ1) is 20.2. The molecule has 0 saturated carbocycles. The molecule has 0 bridgehead atoms. The van der Waals surface area contributed by atoms with Gasteiger partial charge in [-0.2, -0.15) is 0 Å². The topological polar surface area (TPSA) is 43.9 Å². The molecule has 1 fully saturated rings. The summed E-state index contributed by atoms with van der Waals surface area (Å²) in [6.45, 7) is 8.31. The lowest BCUT2D eigenvalue weighted by atomic mass is 10.1. The highest BCUT2D eigenvalue weighted by atomic mass is 35.5. The Morgan fingerprint density at radius 3 is 2.36 bits per heavy atom. The normalized spacial score (nSPS) is 14.1. The van der Waals surface area contributed by atoms with Crippen LogP contribution in [0.5, 0.6) is 0 Å². The maximum atomic E-state index is 12.9. The van der Waals surface area contributed by atoms with Gasteiger partial charge in [-0.1, -0.05) is 29.8 Å². The van der Waals surface area contributed by atoms with E-state index in [1.807, 2.05) is 61.2 Å². The minimum absolute atomic E-state index is 0.0261. The van der Waals surface area contributed by atoms with Crippen molar-refractivity contribution in [1.82, 2.24) is 4.90 Å². The first-order valence-corrected chi connectivity index (χ1v) is 9.87. The standard InChI is InChI=1S/C22H26ClN3O2/c1-16-6-4-9-21(17(16)2)26(18(3)27)15-22(28)25-12-10-24(11-13-25)20-8-5-7-19(23)14-20/h4-9,14H,10-13,15H2,1-3H3. The number of halogens is 1. The fraction of sp³-hybridized carbons (Fsp3) is 0.364. The van der Waals surface area contributed by atoms with Crippen LogP contribution < -0.4 is 9.80 Å². The molecule has 3 rings (SSSR count). The van der Waals surface area contributed by atoms with E-state index in [0.29, 0.717) is 18.1 Å². The minimum Gasteiger partial charge on any atom is -0.368 e. The van der Waals surface area contributed by atoms with Crippen LogP contribution in [-0.4, -0.2) is 49.4 Å². The maximum Gasteiger partial charge on any atom is 0.242 e. The Labute approximate surface area is 171 Å². The molecule has 28 heavy (non-hydrogen) atoms. The van der Waals surface area contributed by atoms with Gasteiger partial charge >= 0.3 is 0 Å². The third-order valence-electron chi connectivity index (χ3n) is 5.35. The highest BCUT2D eigenvalue weighted by Crippen LogP contribution is 2.24. The zero-order chi connectivity index (χ0) is 20.3. The van der Waals surface area contributed by atoms with E-state index in [2.05, 4.69) is 4.90 Å². The van der Waals surface area contributed by atoms with Gasteiger partial charge in [-0.15, -0.1) is 0 Å². The van der Waals surface area contributed by atoms with Crippen molar-refractivity contribution in [2.24, 2.45) is 0 Å². The lowest BCUT2D eigenvalue weighted by Crippen LogP contribution is -2.52. The van der Waals surface area contributed by atoms with E-state index < -0.39 is 0 Å². The lowest BCUT2D eigenvalue weighted by Gasteiger charge is -2.37. The molecule has 0 atom stereocenters. The van der Waals surface area contributed by atoms with Gasteiger partial charge in [0.1, 0.15) is 6.54 Å². The third-order valence-corrected chi connectivity index (χ3v) is 5.58. The van der Waals surface area contributed by atoms with Gasteiger partial charge in [0.15, 0.2) is 0 Å². The molecule has 0 spiro atoms. The van der Waals surface area contributed by atoms with Gasteiger partial charge in [0, 0.05) is 49.5 Å². The van der Waals surface area contributed by atoms with Crippen LogP contribution in [0.1, 0.15) is 18.1 Å². The predicted octanol–water partition coefficient (Wildman–Crippen LogP) is 3.66. The van der Waals surface area contributed by atoms with Crippen molar-refractivity contribution in [1.29, 1.82) is 0 Å². The van der Waals surface area contributed by atoms with Gasteiger partial charge in [0.05, 0.1) is 0 Å². The predicted molar refractivity (Wildman–Crippen MR) is 114 cm³/mol. The van der Waals surface area contributed by atoms with Crippen molar-refractivity contribution in [3.05, 3.63) is 58.6 Å². The molecular formula is C22H26ClN3O2. The van der Waals surface area contributed by atoms with Crippen molar-refractivity contribution in [3.63, 3.8) is 0 Å². The molecule has 1 saturated heterocycles. The van der Waals surface area contributed by atoms with E-state index in [0.717, 1.165) is 35.6 Å². The van der Waals surface area contributed by atoms with Crippen molar-refractivity contribution >= 4 is 34.8 Å². The number of amides is 2. The fourth-order valence-corrected chi connectivity index (χ4v) is 3.70. The molecule has 2 amide bonds. The molecule has 0 aromatic heterocycles. The van der Waals surface area contributed by atoms with E-state index in [-0.39, 0.29) is 18.4 Å². The number of anilines is 2. The van der Waals surface area contributed by atoms with Gasteiger partial charge in [-0.25, -0.2) is 0 Å². The lowest BCUT2D eigenvalue weighted by molar-refractivity contribution is -0.131. The Bertz CT molecular complexity index is 876. The zero-order valence-electron chi connectivity index (χ0n) is 16.6. The Morgan fingerprint density at radius 2 is 1.71 bits per heavy atom. The Balaban J connectivity index is 1.65. The second-order valence-corrected chi connectivity index (χ2v) is 7.61. The van der Waals surface area contributed by atoms with Crippen molar-refractivity contribution in [3.8, 4) is 0 Å². The quantitative estimate of drug-likeness (QED) is 0.788. The second-order valence-electron chi connectivity index (χ2n) is 7.17. The molecule has 1 aliphatic rings. The Morgan fingerprint density at radius 1 is 1.04 bits per heavy atom. The zero-order valence-corrected chi connectivity index (χ0v) is 17.4. The van der Waals surface area contributed by atoms with Crippen LogP contribution in [0, 0.1) is 13.8 Å². The number of benzene rings is 2. The average Bonchev–Trinajstić information content (AvgIpc) is 2.68. The number of nitrogens with zero attached hydrogens (tertiary/aromatic N) is 3. The molecule has 0 aliphatic carbocycles. The van der Waals surface area contributed by atoms with Gasteiger partial charge in [0.25, 0.3) is 0 Å². The summed E-state index contributed by atoms with van der Waals surface area (Å²) >= 11 is 6.08. The fourth-order valence-electron chi connectivity index (χ4n) is 3.52. The number of carbonyl (C=O) groups excluding carboxylic acids is 2. The first-order chi connectivity index (χ1) is 13.4. The van der Waals surface area contributed by atoms with Gasteiger partial charge in [0.2, 0.25) is 11.8 Å². The van der Waals surface area contributed by atoms with Crippen LogP contribution in [-0.2, 0) is 9.59 Å². The molecule has 6 heteroatoms. The van der Waals surface area contributed by atoms with Crippen molar-refractivity contribution in [2.45, 2.75) is 20.8 Å². The number of piperazine rings is 1. The molecule has 2 aromatic carbocycles. The van der Waals surface area contributed by atoms with Gasteiger partial charge in [-0.05, 0) is 49.2 Å². The summed E-state index contributed by atoms with van der Waals surface area (Å²) in [4.78, 5) is 30.7. The summed E-state index contributed by atoms with van der Waals surface area (Å²) in [5, 5.41) is 0.710. The number of hydrogen-bond donors (Lipinski definition) is 0. The van der Waals surface area contributed by atoms with Crippen LogP contribution in [0.15, 0.2) is 42.5 Å². The minimum atomic E-state index is -0.125. The Hall–Kier alpha value is -2.53. The van der Waals surface area contributed by atoms with Crippen molar-refractivity contribution in [2.75, 3.05) is 42.5 Å². The largest absolute Gasteiger partial charge is 0.368 e. The number of aryl methyl sites for hydroxylation is 1. The van der Waals surface area contributed by atoms with Crippen molar-refractivity contribution < 1.29 is 9.59 Å². The van der Waals surface area contributed by atoms with Crippen LogP contribution >= 0.6 is 11.6 Å². The van der Waals surface area contributed by atoms with E-state index >= 15 is 0 Å². The van der Waals surface area contributed by atoms with Crippen LogP contribution in [0.3, 0.4) is 0 Å². The maximum absolute atomic E-state index is 12.9. The van der Waals surface area contributed by atoms with Crippen LogP contribution in [0.4, 0.5) is 11.4 Å². The Kier molecular flexibility index (Phi) is 6.25. The molecule has 0 N–H and O–H groups in total. The average molecular weight is 400 g/mol. The summed E-state index contributed by atoms with van der Waals surface area (Å²) < 4.78 is 0. The van der Waals surface area contributed by atoms with Gasteiger partial charge < -0.3 is 14.7 Å². The molecule has 0 radical (unpaired) electrons. The molecule has 1 aliphatic heterocycles. The number of rotatable bonds is 4. The summed E-state index contributed by atoms with van der Waals surface area (Å²) in [5.74, 6) is -0.151. The first-order valence-electron chi connectivity index (χ1n) is 9.49. The van der Waals surface area contributed by atoms with E-state index in [4.69, 9.17) is 11.6 Å². The highest BCUT2D eigenvalue weighted by Gasteiger charge is 2.25. The van der Waals surface area contributed by atoms with E-state index in [9.17, 15) is 9.59 Å². The second kappa shape index (κ2) is 8.65. The molecule has 148 valence electrons. The summed E-state index contributed by atoms with van der Waals surface area (Å²) in [6, 6.07) is 13.6. The molecule has 1 heterocycles. The SMILES string of the molecule is CC(=O)N(CC(=O)N1CCN(c2cccc(Cl)c2)CC1)c1cccc(C)c1C. The molecule has 5 nitrogen and oxygen atoms in total. The summed E-state index contributed by atoms with van der Waals surface area (Å²) in [7, 11) is 0. The summed E-state index contributed by atoms with van der Waals surface area (Å²) in [6.07, 6.45) is 0. The molecular weight excluding hydrogens is 374 g/mol. The van der Waals surface area contributed by atoms with Gasteiger partial charge in [-0.3, -0.25) is 9.59 Å². The van der Waals surface area contributed by atoms with Crippen LogP contribution in [0.25, 0.3) is 0 Å². The van der Waals surface area contributed by atoms with Crippen LogP contribution in [0.2, 0.25) is 5.02 Å². The smallest absolute Gasteiger partial charge is 0.242 e. The molecule has 2 aromatic rings. The highest BCUT2D eigenvalue weighted by molar-refractivity contribution is 6.30. The number of carbonyl (C=O) groups is 2. The third kappa shape index (κ3) is 4.47. The monoisotopic (exact) mass is 399 g/mol. The van der Waals surface area contributed by atoms with E-state index in [1.54, 1.807) is 4.90 Å². The summed E-state index contributed by atoms with van der Waals surface area (Å²) in [5.41, 5.74) is 4.00. The number of hydrogen-bond acceptors (Lipinski definition) is 3.